The van der Waals surface area contributed by atoms with Crippen LogP contribution in [0.2, 0.25) is 5.02 Å². The van der Waals surface area contributed by atoms with E-state index in [0.29, 0.717) is 10.6 Å². The van der Waals surface area contributed by atoms with E-state index in [1.807, 2.05) is 42.5 Å². The number of hydrazine groups is 1. The van der Waals surface area contributed by atoms with E-state index < -0.39 is 0 Å². The van der Waals surface area contributed by atoms with Crippen molar-refractivity contribution in [2.75, 3.05) is 0 Å². The van der Waals surface area contributed by atoms with E-state index in [9.17, 15) is 5.26 Å². The van der Waals surface area contributed by atoms with Gasteiger partial charge in [0.05, 0.1) is 11.6 Å². The van der Waals surface area contributed by atoms with Crippen molar-refractivity contribution >= 4 is 11.6 Å². The van der Waals surface area contributed by atoms with Gasteiger partial charge in [0.15, 0.2) is 6.23 Å². The summed E-state index contributed by atoms with van der Waals surface area (Å²) in [5.41, 5.74) is 14.9. The van der Waals surface area contributed by atoms with Crippen LogP contribution in [0.1, 0.15) is 23.1 Å². The molecule has 4 atom stereocenters. The minimum atomic E-state index is -0.344. The van der Waals surface area contributed by atoms with Gasteiger partial charge in [0.25, 0.3) is 0 Å². The molecule has 0 saturated carbocycles. The Balaban J connectivity index is 1.85. The first-order valence-corrected chi connectivity index (χ1v) is 8.45. The predicted octanol–water partition coefficient (Wildman–Crippen LogP) is 2.94. The third-order valence-corrected chi connectivity index (χ3v) is 5.19. The van der Waals surface area contributed by atoms with Gasteiger partial charge in [0.2, 0.25) is 5.88 Å². The molecule has 4 unspecified atom stereocenters. The highest BCUT2D eigenvalue weighted by molar-refractivity contribution is 6.31. The van der Waals surface area contributed by atoms with Gasteiger partial charge in [-0.05, 0) is 17.2 Å². The molecule has 2 aromatic carbocycles. The average molecular weight is 353 g/mol. The van der Waals surface area contributed by atoms with Crippen molar-refractivity contribution in [1.82, 2.24) is 10.9 Å². The predicted molar refractivity (Wildman–Crippen MR) is 94.8 cm³/mol. The number of nitriles is 1. The van der Waals surface area contributed by atoms with Crippen LogP contribution >= 0.6 is 11.6 Å². The first-order valence-electron chi connectivity index (χ1n) is 8.07. The summed E-state index contributed by atoms with van der Waals surface area (Å²) < 4.78 is 5.78. The Hall–Kier alpha value is -2.52. The number of rotatable bonds is 2. The molecule has 4 N–H and O–H groups in total. The van der Waals surface area contributed by atoms with Crippen LogP contribution in [-0.2, 0) is 4.74 Å². The number of allylic oxidation sites excluding steroid dienone is 1. The summed E-state index contributed by atoms with van der Waals surface area (Å²) in [7, 11) is 0. The molecular weight excluding hydrogens is 336 g/mol. The Morgan fingerprint density at radius 3 is 2.48 bits per heavy atom. The number of halogens is 1. The van der Waals surface area contributed by atoms with Crippen molar-refractivity contribution in [2.45, 2.75) is 18.2 Å². The van der Waals surface area contributed by atoms with Gasteiger partial charge in [-0.2, -0.15) is 5.26 Å². The molecule has 2 aliphatic rings. The minimum Gasteiger partial charge on any atom is -0.458 e. The van der Waals surface area contributed by atoms with Crippen LogP contribution in [-0.4, -0.2) is 6.23 Å². The summed E-state index contributed by atoms with van der Waals surface area (Å²) in [4.78, 5) is 0. The molecule has 4 rings (SSSR count). The lowest BCUT2D eigenvalue weighted by Crippen LogP contribution is -2.41. The minimum absolute atomic E-state index is 0.0380. The topological polar surface area (TPSA) is 83.1 Å². The molecule has 0 radical (unpaired) electrons. The highest BCUT2D eigenvalue weighted by Gasteiger charge is 2.49. The molecule has 0 amide bonds. The summed E-state index contributed by atoms with van der Waals surface area (Å²) in [6.07, 6.45) is -0.344. The SMILES string of the molecule is N#CC1=C(N)OC2NNC(c3ccccc3)C2C1c1ccccc1Cl. The van der Waals surface area contributed by atoms with Gasteiger partial charge in [-0.25, -0.2) is 10.9 Å². The largest absolute Gasteiger partial charge is 0.458 e. The second kappa shape index (κ2) is 6.41. The smallest absolute Gasteiger partial charge is 0.200 e. The first-order chi connectivity index (χ1) is 12.2. The Labute approximate surface area is 151 Å². The normalized spacial score (nSPS) is 28.2. The van der Waals surface area contributed by atoms with Crippen LogP contribution in [0.5, 0.6) is 0 Å². The van der Waals surface area contributed by atoms with Crippen LogP contribution in [0.25, 0.3) is 0 Å². The molecule has 25 heavy (non-hydrogen) atoms. The monoisotopic (exact) mass is 352 g/mol. The summed E-state index contributed by atoms with van der Waals surface area (Å²) in [6.45, 7) is 0. The summed E-state index contributed by atoms with van der Waals surface area (Å²) in [5.74, 6) is -0.175. The van der Waals surface area contributed by atoms with Crippen molar-refractivity contribution < 1.29 is 4.74 Å². The molecule has 2 aliphatic heterocycles. The molecule has 0 spiro atoms. The Bertz CT molecular complexity index is 861. The van der Waals surface area contributed by atoms with Crippen LogP contribution in [0.4, 0.5) is 0 Å². The number of benzene rings is 2. The van der Waals surface area contributed by atoms with E-state index in [4.69, 9.17) is 22.1 Å². The third kappa shape index (κ3) is 2.65. The van der Waals surface area contributed by atoms with Crippen molar-refractivity contribution in [3.8, 4) is 6.07 Å². The fourth-order valence-electron chi connectivity index (χ4n) is 3.74. The Morgan fingerprint density at radius 2 is 1.76 bits per heavy atom. The lowest BCUT2D eigenvalue weighted by molar-refractivity contribution is 0.0341. The van der Waals surface area contributed by atoms with Crippen molar-refractivity contribution in [3.63, 3.8) is 0 Å². The van der Waals surface area contributed by atoms with E-state index in [1.54, 1.807) is 0 Å². The lowest BCUT2D eigenvalue weighted by Gasteiger charge is -2.36. The second-order valence-electron chi connectivity index (χ2n) is 6.18. The zero-order valence-corrected chi connectivity index (χ0v) is 14.1. The van der Waals surface area contributed by atoms with E-state index >= 15 is 0 Å². The van der Waals surface area contributed by atoms with Gasteiger partial charge in [0, 0.05) is 16.9 Å². The summed E-state index contributed by atoms with van der Waals surface area (Å²) >= 11 is 6.46. The zero-order valence-electron chi connectivity index (χ0n) is 13.3. The molecule has 126 valence electrons. The van der Waals surface area contributed by atoms with Gasteiger partial charge >= 0.3 is 0 Å². The lowest BCUT2D eigenvalue weighted by atomic mass is 9.74. The summed E-state index contributed by atoms with van der Waals surface area (Å²) in [6, 6.07) is 19.8. The molecular formula is C19H17ClN4O. The second-order valence-corrected chi connectivity index (χ2v) is 6.59. The standard InChI is InChI=1S/C19H17ClN4O/c20-14-9-5-4-8-12(14)15-13(10-21)18(22)25-19-16(15)17(23-24-19)11-6-2-1-3-7-11/h1-9,15-17,19,23-24H,22H2. The molecule has 6 heteroatoms. The Kier molecular flexibility index (Phi) is 4.10. The van der Waals surface area contributed by atoms with Crippen LogP contribution < -0.4 is 16.6 Å². The van der Waals surface area contributed by atoms with Gasteiger partial charge < -0.3 is 10.5 Å². The van der Waals surface area contributed by atoms with Crippen molar-refractivity contribution in [3.05, 3.63) is 82.2 Å². The first kappa shape index (κ1) is 16.0. The van der Waals surface area contributed by atoms with Gasteiger partial charge in [-0.15, -0.1) is 0 Å². The number of nitrogens with zero attached hydrogens (tertiary/aromatic N) is 1. The molecule has 2 heterocycles. The number of nitrogens with two attached hydrogens (primary N) is 1. The van der Waals surface area contributed by atoms with Gasteiger partial charge in [0.1, 0.15) is 6.07 Å². The maximum atomic E-state index is 9.71. The van der Waals surface area contributed by atoms with Gasteiger partial charge in [-0.1, -0.05) is 60.1 Å². The van der Waals surface area contributed by atoms with E-state index in [-0.39, 0.29) is 30.0 Å². The maximum absolute atomic E-state index is 9.71. The average Bonchev–Trinajstić information content (AvgIpc) is 3.05. The molecule has 5 nitrogen and oxygen atoms in total. The number of hydrogen-bond acceptors (Lipinski definition) is 5. The van der Waals surface area contributed by atoms with Crippen LogP contribution in [0.3, 0.4) is 0 Å². The number of hydrogen-bond donors (Lipinski definition) is 3. The van der Waals surface area contributed by atoms with Crippen LogP contribution in [0, 0.1) is 17.2 Å². The van der Waals surface area contributed by atoms with E-state index in [0.717, 1.165) is 11.1 Å². The number of ether oxygens (including phenoxy) is 1. The highest BCUT2D eigenvalue weighted by atomic mass is 35.5. The molecule has 1 fully saturated rings. The highest BCUT2D eigenvalue weighted by Crippen LogP contribution is 2.48. The van der Waals surface area contributed by atoms with E-state index in [1.165, 1.54) is 0 Å². The van der Waals surface area contributed by atoms with Crippen LogP contribution in [0.15, 0.2) is 66.1 Å². The van der Waals surface area contributed by atoms with E-state index in [2.05, 4.69) is 29.1 Å². The fourth-order valence-corrected chi connectivity index (χ4v) is 3.99. The quantitative estimate of drug-likeness (QED) is 0.774. The Morgan fingerprint density at radius 1 is 1.04 bits per heavy atom. The number of nitrogens with one attached hydrogen (secondary N) is 2. The maximum Gasteiger partial charge on any atom is 0.200 e. The molecule has 1 saturated heterocycles. The van der Waals surface area contributed by atoms with Gasteiger partial charge in [-0.3, -0.25) is 0 Å². The van der Waals surface area contributed by atoms with Crippen molar-refractivity contribution in [1.29, 1.82) is 5.26 Å². The number of fused-ring (bicyclic) bond motifs is 1. The zero-order chi connectivity index (χ0) is 17.4. The molecule has 0 aliphatic carbocycles. The molecule has 0 aromatic heterocycles. The summed E-state index contributed by atoms with van der Waals surface area (Å²) in [5, 5.41) is 10.3. The third-order valence-electron chi connectivity index (χ3n) is 4.85. The molecule has 2 aromatic rings. The van der Waals surface area contributed by atoms with Crippen molar-refractivity contribution in [2.24, 2.45) is 11.7 Å². The molecule has 0 bridgehead atoms. The fraction of sp³-hybridized carbons (Fsp3) is 0.211.